The minimum absolute atomic E-state index is 0.119. The van der Waals surface area contributed by atoms with Crippen molar-refractivity contribution in [3.8, 4) is 0 Å². The Kier molecular flexibility index (Phi) is 4.78. The highest BCUT2D eigenvalue weighted by Crippen LogP contribution is 2.16. The summed E-state index contributed by atoms with van der Waals surface area (Å²) in [6.45, 7) is 16.7. The van der Waals surface area contributed by atoms with Gasteiger partial charge >= 0.3 is 5.97 Å². The van der Waals surface area contributed by atoms with Crippen LogP contribution in [0.5, 0.6) is 0 Å². The minimum Gasteiger partial charge on any atom is -0.459 e. The highest BCUT2D eigenvalue weighted by Gasteiger charge is 2.27. The number of ether oxygens (including phenoxy) is 1. The number of esters is 1. The Balaban J connectivity index is 2.34. The van der Waals surface area contributed by atoms with Crippen molar-refractivity contribution in [2.45, 2.75) is 52.7 Å². The topological polar surface area (TPSA) is 32.8 Å². The van der Waals surface area contributed by atoms with Crippen molar-refractivity contribution in [2.24, 2.45) is 0 Å². The van der Waals surface area contributed by atoms with Crippen LogP contribution < -0.4 is 0 Å². The van der Waals surface area contributed by atoms with Crippen molar-refractivity contribution < 1.29 is 9.53 Å². The van der Waals surface area contributed by atoms with Crippen LogP contribution in [0.3, 0.4) is 0 Å². The fourth-order valence-electron chi connectivity index (χ4n) is 2.13. The van der Waals surface area contributed by atoms with Gasteiger partial charge in [0.05, 0.1) is 6.54 Å². The van der Waals surface area contributed by atoms with Crippen LogP contribution in [0.15, 0.2) is 0 Å². The SMILES string of the molecule is CC(C)(C)OC(=O)CN1CCN(C(C)(C)C)CC1. The Morgan fingerprint density at radius 3 is 1.89 bits per heavy atom. The van der Waals surface area contributed by atoms with Crippen LogP contribution in [0.4, 0.5) is 0 Å². The monoisotopic (exact) mass is 256 g/mol. The molecule has 106 valence electrons. The molecule has 1 aliphatic rings. The second kappa shape index (κ2) is 5.57. The van der Waals surface area contributed by atoms with Crippen molar-refractivity contribution in [3.05, 3.63) is 0 Å². The van der Waals surface area contributed by atoms with E-state index in [0.717, 1.165) is 26.2 Å². The van der Waals surface area contributed by atoms with Gasteiger partial charge in [0.15, 0.2) is 0 Å². The van der Waals surface area contributed by atoms with Crippen molar-refractivity contribution in [3.63, 3.8) is 0 Å². The maximum Gasteiger partial charge on any atom is 0.320 e. The van der Waals surface area contributed by atoms with Crippen molar-refractivity contribution in [1.82, 2.24) is 9.80 Å². The molecule has 0 saturated carbocycles. The molecule has 1 fully saturated rings. The lowest BCUT2D eigenvalue weighted by molar-refractivity contribution is -0.156. The van der Waals surface area contributed by atoms with E-state index >= 15 is 0 Å². The van der Waals surface area contributed by atoms with Gasteiger partial charge in [-0.25, -0.2) is 0 Å². The third-order valence-corrected chi connectivity index (χ3v) is 3.09. The average Bonchev–Trinajstić information content (AvgIpc) is 2.13. The standard InChI is InChI=1S/C14H28N2O2/c1-13(2,3)16-9-7-15(8-10-16)11-12(17)18-14(4,5)6/h7-11H2,1-6H3. The highest BCUT2D eigenvalue weighted by molar-refractivity contribution is 5.72. The first-order chi connectivity index (χ1) is 8.08. The summed E-state index contributed by atoms with van der Waals surface area (Å²) in [6.07, 6.45) is 0. The summed E-state index contributed by atoms with van der Waals surface area (Å²) in [5.41, 5.74) is -0.164. The van der Waals surface area contributed by atoms with Gasteiger partial charge in [-0.15, -0.1) is 0 Å². The van der Waals surface area contributed by atoms with Crippen LogP contribution in [0, 0.1) is 0 Å². The van der Waals surface area contributed by atoms with E-state index in [2.05, 4.69) is 30.6 Å². The molecule has 0 aromatic rings. The number of piperazine rings is 1. The number of carbonyl (C=O) groups excluding carboxylic acids is 1. The summed E-state index contributed by atoms with van der Waals surface area (Å²) < 4.78 is 5.34. The summed E-state index contributed by atoms with van der Waals surface area (Å²) in [4.78, 5) is 16.4. The van der Waals surface area contributed by atoms with E-state index in [4.69, 9.17) is 4.74 Å². The zero-order valence-corrected chi connectivity index (χ0v) is 12.7. The van der Waals surface area contributed by atoms with E-state index in [-0.39, 0.29) is 17.1 Å². The molecule has 0 spiro atoms. The Hall–Kier alpha value is -0.610. The summed E-state index contributed by atoms with van der Waals surface area (Å²) >= 11 is 0. The van der Waals surface area contributed by atoms with Gasteiger partial charge < -0.3 is 4.74 Å². The molecule has 0 bridgehead atoms. The second-order valence-electron chi connectivity index (χ2n) is 7.02. The van der Waals surface area contributed by atoms with E-state index in [1.807, 2.05) is 20.8 Å². The van der Waals surface area contributed by atoms with Crippen LogP contribution in [-0.4, -0.2) is 59.6 Å². The summed E-state index contributed by atoms with van der Waals surface area (Å²) in [5.74, 6) is -0.119. The summed E-state index contributed by atoms with van der Waals surface area (Å²) in [6, 6.07) is 0. The summed E-state index contributed by atoms with van der Waals surface area (Å²) in [5, 5.41) is 0. The van der Waals surface area contributed by atoms with Gasteiger partial charge in [-0.3, -0.25) is 14.6 Å². The quantitative estimate of drug-likeness (QED) is 0.705. The van der Waals surface area contributed by atoms with Crippen molar-refractivity contribution in [1.29, 1.82) is 0 Å². The fraction of sp³-hybridized carbons (Fsp3) is 0.929. The molecule has 0 unspecified atom stereocenters. The van der Waals surface area contributed by atoms with Crippen molar-refractivity contribution >= 4 is 5.97 Å². The molecule has 0 aliphatic carbocycles. The zero-order chi connectivity index (χ0) is 14.0. The van der Waals surface area contributed by atoms with Crippen LogP contribution in [0.25, 0.3) is 0 Å². The Morgan fingerprint density at radius 1 is 1.00 bits per heavy atom. The summed E-state index contributed by atoms with van der Waals surface area (Å²) in [7, 11) is 0. The van der Waals surface area contributed by atoms with Crippen LogP contribution in [-0.2, 0) is 9.53 Å². The molecule has 1 aliphatic heterocycles. The number of carbonyl (C=O) groups is 1. The first kappa shape index (κ1) is 15.4. The molecule has 0 radical (unpaired) electrons. The number of hydrogen-bond acceptors (Lipinski definition) is 4. The molecule has 0 atom stereocenters. The van der Waals surface area contributed by atoms with E-state index in [9.17, 15) is 4.79 Å². The smallest absolute Gasteiger partial charge is 0.320 e. The molecule has 1 rings (SSSR count). The molecular formula is C14H28N2O2. The maximum absolute atomic E-state index is 11.7. The predicted molar refractivity (Wildman–Crippen MR) is 73.6 cm³/mol. The van der Waals surface area contributed by atoms with E-state index in [1.54, 1.807) is 0 Å². The largest absolute Gasteiger partial charge is 0.459 e. The second-order valence-corrected chi connectivity index (χ2v) is 7.02. The van der Waals surface area contributed by atoms with Crippen LogP contribution in [0.1, 0.15) is 41.5 Å². The highest BCUT2D eigenvalue weighted by atomic mass is 16.6. The number of rotatable bonds is 2. The van der Waals surface area contributed by atoms with Crippen LogP contribution in [0.2, 0.25) is 0 Å². The molecule has 1 saturated heterocycles. The predicted octanol–water partition coefficient (Wildman–Crippen LogP) is 1.74. The lowest BCUT2D eigenvalue weighted by Crippen LogP contribution is -2.54. The molecule has 0 amide bonds. The molecule has 4 heteroatoms. The molecular weight excluding hydrogens is 228 g/mol. The average molecular weight is 256 g/mol. The van der Waals surface area contributed by atoms with Gasteiger partial charge in [0.1, 0.15) is 5.60 Å². The molecule has 1 heterocycles. The lowest BCUT2D eigenvalue weighted by Gasteiger charge is -2.42. The molecule has 4 nitrogen and oxygen atoms in total. The zero-order valence-electron chi connectivity index (χ0n) is 12.7. The Labute approximate surface area is 111 Å². The van der Waals surface area contributed by atoms with Crippen LogP contribution >= 0.6 is 0 Å². The maximum atomic E-state index is 11.7. The number of nitrogens with zero attached hydrogens (tertiary/aromatic N) is 2. The van der Waals surface area contributed by atoms with E-state index in [0.29, 0.717) is 6.54 Å². The first-order valence-corrected chi connectivity index (χ1v) is 6.77. The minimum atomic E-state index is -0.385. The van der Waals surface area contributed by atoms with Gasteiger partial charge in [0.25, 0.3) is 0 Å². The van der Waals surface area contributed by atoms with Gasteiger partial charge in [0.2, 0.25) is 0 Å². The van der Waals surface area contributed by atoms with E-state index in [1.165, 1.54) is 0 Å². The molecule has 18 heavy (non-hydrogen) atoms. The Morgan fingerprint density at radius 2 is 1.50 bits per heavy atom. The molecule has 0 N–H and O–H groups in total. The fourth-order valence-corrected chi connectivity index (χ4v) is 2.13. The Bertz CT molecular complexity index is 281. The number of hydrogen-bond donors (Lipinski definition) is 0. The van der Waals surface area contributed by atoms with Gasteiger partial charge in [-0.2, -0.15) is 0 Å². The van der Waals surface area contributed by atoms with Gasteiger partial charge in [-0.05, 0) is 41.5 Å². The van der Waals surface area contributed by atoms with Crippen molar-refractivity contribution in [2.75, 3.05) is 32.7 Å². The normalized spacial score (nSPS) is 19.9. The third-order valence-electron chi connectivity index (χ3n) is 3.09. The molecule has 0 aromatic heterocycles. The van der Waals surface area contributed by atoms with Gasteiger partial charge in [-0.1, -0.05) is 0 Å². The molecule has 0 aromatic carbocycles. The van der Waals surface area contributed by atoms with E-state index < -0.39 is 0 Å². The third kappa shape index (κ3) is 5.36. The van der Waals surface area contributed by atoms with Gasteiger partial charge in [0, 0.05) is 31.7 Å². The lowest BCUT2D eigenvalue weighted by atomic mass is 10.1. The first-order valence-electron chi connectivity index (χ1n) is 6.77.